The number of benzene rings is 2. The minimum Gasteiger partial charge on any atom is -0.497 e. The number of aromatic nitrogens is 1. The summed E-state index contributed by atoms with van der Waals surface area (Å²) in [6.45, 7) is 0. The number of para-hydroxylation sites is 1. The Morgan fingerprint density at radius 3 is 2.78 bits per heavy atom. The average Bonchev–Trinajstić information content (AvgIpc) is 2.82. The van der Waals surface area contributed by atoms with E-state index in [1.54, 1.807) is 18.4 Å². The van der Waals surface area contributed by atoms with E-state index in [9.17, 15) is 0 Å². The zero-order valence-corrected chi connectivity index (χ0v) is 10.7. The van der Waals surface area contributed by atoms with Gasteiger partial charge in [-0.25, -0.2) is 4.98 Å². The smallest absolute Gasteiger partial charge is 0.126 e. The van der Waals surface area contributed by atoms with Gasteiger partial charge in [0.15, 0.2) is 0 Å². The Labute approximate surface area is 109 Å². The van der Waals surface area contributed by atoms with Gasteiger partial charge in [0.2, 0.25) is 0 Å². The Morgan fingerprint density at radius 2 is 2.00 bits per heavy atom. The summed E-state index contributed by atoms with van der Waals surface area (Å²) in [5.41, 5.74) is 8.65. The number of fused-ring (bicyclic) bond motifs is 1. The molecule has 0 unspecified atom stereocenters. The van der Waals surface area contributed by atoms with Gasteiger partial charge >= 0.3 is 0 Å². The van der Waals surface area contributed by atoms with Crippen LogP contribution in [0.5, 0.6) is 5.75 Å². The van der Waals surface area contributed by atoms with Gasteiger partial charge < -0.3 is 10.5 Å². The second kappa shape index (κ2) is 4.31. The quantitative estimate of drug-likeness (QED) is 0.713. The fraction of sp³-hybridized carbons (Fsp3) is 0.0714. The summed E-state index contributed by atoms with van der Waals surface area (Å²) >= 11 is 1.64. The number of ether oxygens (including phenoxy) is 1. The summed E-state index contributed by atoms with van der Waals surface area (Å²) in [6, 6.07) is 13.7. The number of nitrogens with zero attached hydrogens (tertiary/aromatic N) is 1. The van der Waals surface area contributed by atoms with Crippen molar-refractivity contribution < 1.29 is 4.74 Å². The lowest BCUT2D eigenvalue weighted by molar-refractivity contribution is 0.415. The van der Waals surface area contributed by atoms with Gasteiger partial charge in [-0.15, -0.1) is 11.3 Å². The van der Waals surface area contributed by atoms with Crippen molar-refractivity contribution in [3.8, 4) is 16.3 Å². The SMILES string of the molecule is COc1ccc(N)c(-c2nc3ccccc3s2)c1. The average molecular weight is 256 g/mol. The standard InChI is InChI=1S/C14H12N2OS/c1-17-9-6-7-11(15)10(8-9)14-16-12-4-2-3-5-13(12)18-14/h2-8H,15H2,1H3. The van der Waals surface area contributed by atoms with Gasteiger partial charge in [-0.1, -0.05) is 12.1 Å². The Hall–Kier alpha value is -2.07. The largest absolute Gasteiger partial charge is 0.497 e. The molecule has 0 saturated heterocycles. The Kier molecular flexibility index (Phi) is 2.64. The maximum Gasteiger partial charge on any atom is 0.126 e. The van der Waals surface area contributed by atoms with E-state index in [4.69, 9.17) is 10.5 Å². The molecule has 90 valence electrons. The van der Waals surface area contributed by atoms with Crippen molar-refractivity contribution in [3.05, 3.63) is 42.5 Å². The predicted octanol–water partition coefficient (Wildman–Crippen LogP) is 3.55. The summed E-state index contributed by atoms with van der Waals surface area (Å²) < 4.78 is 6.39. The van der Waals surface area contributed by atoms with E-state index in [1.165, 1.54) is 0 Å². The van der Waals surface area contributed by atoms with Crippen LogP contribution in [-0.2, 0) is 0 Å². The van der Waals surface area contributed by atoms with Crippen LogP contribution in [0.2, 0.25) is 0 Å². The Bertz CT molecular complexity index is 673. The summed E-state index contributed by atoms with van der Waals surface area (Å²) in [4.78, 5) is 4.60. The second-order valence-corrected chi connectivity index (χ2v) is 4.97. The van der Waals surface area contributed by atoms with Gasteiger partial charge in [0.05, 0.1) is 17.3 Å². The fourth-order valence-electron chi connectivity index (χ4n) is 1.83. The van der Waals surface area contributed by atoms with E-state index in [1.807, 2.05) is 36.4 Å². The normalized spacial score (nSPS) is 10.7. The van der Waals surface area contributed by atoms with Crippen LogP contribution in [0.15, 0.2) is 42.5 Å². The fourth-order valence-corrected chi connectivity index (χ4v) is 2.84. The van der Waals surface area contributed by atoms with Gasteiger partial charge in [-0.05, 0) is 30.3 Å². The Morgan fingerprint density at radius 1 is 1.17 bits per heavy atom. The summed E-state index contributed by atoms with van der Waals surface area (Å²) in [7, 11) is 1.65. The molecule has 3 rings (SSSR count). The molecule has 1 heterocycles. The van der Waals surface area contributed by atoms with E-state index >= 15 is 0 Å². The number of anilines is 1. The lowest BCUT2D eigenvalue weighted by atomic mass is 10.2. The molecule has 4 heteroatoms. The molecule has 0 amide bonds. The first-order valence-corrected chi connectivity index (χ1v) is 6.39. The molecule has 0 aliphatic rings. The molecule has 2 aromatic carbocycles. The van der Waals surface area contributed by atoms with Crippen LogP contribution in [0, 0.1) is 0 Å². The molecular formula is C14H12N2OS. The van der Waals surface area contributed by atoms with E-state index in [-0.39, 0.29) is 0 Å². The third-order valence-corrected chi connectivity index (χ3v) is 3.85. The molecule has 0 fully saturated rings. The number of nitrogen functional groups attached to an aromatic ring is 1. The summed E-state index contributed by atoms with van der Waals surface area (Å²) in [5.74, 6) is 0.790. The van der Waals surface area contributed by atoms with E-state index in [0.717, 1.165) is 32.2 Å². The second-order valence-electron chi connectivity index (χ2n) is 3.94. The lowest BCUT2D eigenvalue weighted by Crippen LogP contribution is -1.91. The summed E-state index contributed by atoms with van der Waals surface area (Å²) in [6.07, 6.45) is 0. The highest BCUT2D eigenvalue weighted by Gasteiger charge is 2.10. The molecule has 0 bridgehead atoms. The van der Waals surface area contributed by atoms with Gasteiger partial charge in [0, 0.05) is 11.3 Å². The highest BCUT2D eigenvalue weighted by atomic mass is 32.1. The van der Waals surface area contributed by atoms with Crippen LogP contribution in [0.1, 0.15) is 0 Å². The van der Waals surface area contributed by atoms with Crippen LogP contribution in [0.25, 0.3) is 20.8 Å². The molecule has 2 N–H and O–H groups in total. The maximum absolute atomic E-state index is 6.01. The van der Waals surface area contributed by atoms with Crippen molar-refractivity contribution >= 4 is 27.2 Å². The zero-order chi connectivity index (χ0) is 12.5. The third kappa shape index (κ3) is 1.80. The number of nitrogens with two attached hydrogens (primary N) is 1. The first-order valence-electron chi connectivity index (χ1n) is 5.57. The molecule has 0 radical (unpaired) electrons. The first-order chi connectivity index (χ1) is 8.78. The molecule has 0 aliphatic carbocycles. The number of rotatable bonds is 2. The van der Waals surface area contributed by atoms with Crippen molar-refractivity contribution in [2.75, 3.05) is 12.8 Å². The monoisotopic (exact) mass is 256 g/mol. The number of methoxy groups -OCH3 is 1. The topological polar surface area (TPSA) is 48.1 Å². The van der Waals surface area contributed by atoms with Gasteiger partial charge in [0.1, 0.15) is 10.8 Å². The molecule has 3 nitrogen and oxygen atoms in total. The molecular weight excluding hydrogens is 244 g/mol. The van der Waals surface area contributed by atoms with Crippen molar-refractivity contribution in [1.82, 2.24) is 4.98 Å². The molecule has 0 saturated carbocycles. The van der Waals surface area contributed by atoms with Crippen molar-refractivity contribution in [2.45, 2.75) is 0 Å². The minimum absolute atomic E-state index is 0.717. The number of thiazole rings is 1. The van der Waals surface area contributed by atoms with Crippen molar-refractivity contribution in [1.29, 1.82) is 0 Å². The van der Waals surface area contributed by atoms with Crippen LogP contribution in [0.4, 0.5) is 5.69 Å². The lowest BCUT2D eigenvalue weighted by Gasteiger charge is -2.05. The van der Waals surface area contributed by atoms with E-state index in [2.05, 4.69) is 11.1 Å². The third-order valence-electron chi connectivity index (χ3n) is 2.78. The van der Waals surface area contributed by atoms with Gasteiger partial charge in [0.25, 0.3) is 0 Å². The van der Waals surface area contributed by atoms with Crippen LogP contribution < -0.4 is 10.5 Å². The molecule has 18 heavy (non-hydrogen) atoms. The molecule has 0 aliphatic heterocycles. The molecule has 3 aromatic rings. The van der Waals surface area contributed by atoms with E-state index in [0.29, 0.717) is 0 Å². The van der Waals surface area contributed by atoms with Crippen molar-refractivity contribution in [3.63, 3.8) is 0 Å². The summed E-state index contributed by atoms with van der Waals surface area (Å²) in [5, 5.41) is 0.924. The maximum atomic E-state index is 6.01. The highest BCUT2D eigenvalue weighted by molar-refractivity contribution is 7.21. The van der Waals surface area contributed by atoms with Gasteiger partial charge in [-0.3, -0.25) is 0 Å². The van der Waals surface area contributed by atoms with Crippen LogP contribution >= 0.6 is 11.3 Å². The van der Waals surface area contributed by atoms with Gasteiger partial charge in [-0.2, -0.15) is 0 Å². The Balaban J connectivity index is 2.19. The molecule has 1 aromatic heterocycles. The molecule has 0 spiro atoms. The number of hydrogen-bond acceptors (Lipinski definition) is 4. The van der Waals surface area contributed by atoms with Crippen LogP contribution in [0.3, 0.4) is 0 Å². The highest BCUT2D eigenvalue weighted by Crippen LogP contribution is 2.35. The van der Waals surface area contributed by atoms with E-state index < -0.39 is 0 Å². The number of hydrogen-bond donors (Lipinski definition) is 1. The molecule has 0 atom stereocenters. The minimum atomic E-state index is 0.717. The predicted molar refractivity (Wildman–Crippen MR) is 76.0 cm³/mol. The zero-order valence-electron chi connectivity index (χ0n) is 9.88. The van der Waals surface area contributed by atoms with Crippen LogP contribution in [-0.4, -0.2) is 12.1 Å². The van der Waals surface area contributed by atoms with Crippen molar-refractivity contribution in [2.24, 2.45) is 0 Å². The first kappa shape index (κ1) is 11.0.